The summed E-state index contributed by atoms with van der Waals surface area (Å²) in [5, 5.41) is 12.2. The summed E-state index contributed by atoms with van der Waals surface area (Å²) in [5.74, 6) is -1.05. The molecular weight excluding hydrogens is 294 g/mol. The zero-order valence-electron chi connectivity index (χ0n) is 5.61. The number of carboxylic acids is 1. The molecule has 0 saturated heterocycles. The van der Waals surface area contributed by atoms with E-state index in [2.05, 4.69) is 41.9 Å². The van der Waals surface area contributed by atoms with Crippen molar-refractivity contribution in [1.29, 1.82) is 0 Å². The van der Waals surface area contributed by atoms with E-state index in [0.29, 0.717) is 4.73 Å². The van der Waals surface area contributed by atoms with Crippen molar-refractivity contribution in [2.45, 2.75) is 0 Å². The van der Waals surface area contributed by atoms with E-state index in [-0.39, 0.29) is 4.48 Å². The molecular formula is C5H3Br2N3O2. The van der Waals surface area contributed by atoms with E-state index in [1.807, 2.05) is 0 Å². The third-order valence-electron chi connectivity index (χ3n) is 0.930. The third kappa shape index (κ3) is 2.42. The van der Waals surface area contributed by atoms with Crippen LogP contribution in [-0.4, -0.2) is 25.8 Å². The number of hydrogen-bond acceptors (Lipinski definition) is 3. The van der Waals surface area contributed by atoms with E-state index in [0.717, 1.165) is 0 Å². The van der Waals surface area contributed by atoms with Gasteiger partial charge in [-0.1, -0.05) is 0 Å². The minimum absolute atomic E-state index is 0.0138. The van der Waals surface area contributed by atoms with Gasteiger partial charge in [0.1, 0.15) is 10.8 Å². The molecule has 0 radical (unpaired) electrons. The van der Waals surface area contributed by atoms with E-state index in [1.165, 1.54) is 17.2 Å². The van der Waals surface area contributed by atoms with Gasteiger partial charge in [0.05, 0.1) is 6.20 Å². The van der Waals surface area contributed by atoms with Crippen LogP contribution in [0.2, 0.25) is 0 Å². The molecule has 0 aliphatic carbocycles. The summed E-state index contributed by atoms with van der Waals surface area (Å²) in [6.07, 6.45) is 2.67. The summed E-state index contributed by atoms with van der Waals surface area (Å²) in [5.41, 5.74) is 0. The number of carbonyl (C=O) groups is 1. The maximum Gasteiger partial charge on any atom is 0.344 e. The van der Waals surface area contributed by atoms with Gasteiger partial charge < -0.3 is 5.11 Å². The summed E-state index contributed by atoms with van der Waals surface area (Å²) in [4.78, 5) is 14.1. The molecule has 0 unspecified atom stereocenters. The first kappa shape index (κ1) is 9.40. The first-order chi connectivity index (χ1) is 5.59. The van der Waals surface area contributed by atoms with Gasteiger partial charge in [-0.05, 0) is 31.9 Å². The Morgan fingerprint density at radius 1 is 1.75 bits per heavy atom. The molecule has 64 valence electrons. The minimum Gasteiger partial charge on any atom is -0.477 e. The molecule has 0 amide bonds. The van der Waals surface area contributed by atoms with Crippen molar-refractivity contribution in [3.05, 3.63) is 15.5 Å². The Morgan fingerprint density at radius 2 is 2.42 bits per heavy atom. The maximum atomic E-state index is 10.3. The fourth-order valence-electron chi connectivity index (χ4n) is 0.487. The van der Waals surface area contributed by atoms with Crippen LogP contribution in [0.4, 0.5) is 0 Å². The number of hydrogen-bond donors (Lipinski definition) is 1. The molecule has 1 rings (SSSR count). The number of halogens is 2. The minimum atomic E-state index is -1.05. The maximum absolute atomic E-state index is 10.3. The van der Waals surface area contributed by atoms with Crippen LogP contribution in [0.1, 0.15) is 0 Å². The SMILES string of the molecule is O=C(O)/C(Br)=C/n1cnc(Br)n1. The second-order valence-electron chi connectivity index (χ2n) is 1.78. The molecule has 7 heteroatoms. The predicted molar refractivity (Wildman–Crippen MR) is 48.6 cm³/mol. The van der Waals surface area contributed by atoms with Crippen molar-refractivity contribution >= 4 is 44.0 Å². The number of nitrogens with zero attached hydrogens (tertiary/aromatic N) is 3. The highest BCUT2D eigenvalue weighted by Gasteiger charge is 2.02. The topological polar surface area (TPSA) is 68.0 Å². The summed E-state index contributed by atoms with van der Waals surface area (Å²) in [6.45, 7) is 0. The molecule has 12 heavy (non-hydrogen) atoms. The highest BCUT2D eigenvalue weighted by Crippen LogP contribution is 2.07. The lowest BCUT2D eigenvalue weighted by atomic mass is 10.6. The Kier molecular flexibility index (Phi) is 2.99. The molecule has 1 N–H and O–H groups in total. The number of aliphatic carboxylic acids is 1. The van der Waals surface area contributed by atoms with Crippen LogP contribution < -0.4 is 0 Å². The highest BCUT2D eigenvalue weighted by molar-refractivity contribution is 9.12. The van der Waals surface area contributed by atoms with Crippen LogP contribution in [0, 0.1) is 0 Å². The lowest BCUT2D eigenvalue weighted by molar-refractivity contribution is -0.131. The van der Waals surface area contributed by atoms with Crippen molar-refractivity contribution in [2.24, 2.45) is 0 Å². The van der Waals surface area contributed by atoms with Gasteiger partial charge in [0.25, 0.3) is 0 Å². The van der Waals surface area contributed by atoms with Crippen LogP contribution in [0.15, 0.2) is 15.5 Å². The molecule has 0 fully saturated rings. The van der Waals surface area contributed by atoms with Crippen molar-refractivity contribution in [3.8, 4) is 0 Å². The molecule has 5 nitrogen and oxygen atoms in total. The second kappa shape index (κ2) is 3.81. The lowest BCUT2D eigenvalue weighted by Gasteiger charge is -1.90. The van der Waals surface area contributed by atoms with Crippen LogP contribution in [-0.2, 0) is 4.79 Å². The first-order valence-electron chi connectivity index (χ1n) is 2.77. The van der Waals surface area contributed by atoms with Crippen LogP contribution in [0.5, 0.6) is 0 Å². The van der Waals surface area contributed by atoms with Crippen LogP contribution in [0.25, 0.3) is 6.20 Å². The molecule has 0 bridgehead atoms. The smallest absolute Gasteiger partial charge is 0.344 e. The van der Waals surface area contributed by atoms with Crippen LogP contribution in [0.3, 0.4) is 0 Å². The van der Waals surface area contributed by atoms with Crippen molar-refractivity contribution < 1.29 is 9.90 Å². The van der Waals surface area contributed by atoms with Crippen LogP contribution >= 0.6 is 31.9 Å². The fraction of sp³-hybridized carbons (Fsp3) is 0. The third-order valence-corrected chi connectivity index (χ3v) is 1.84. The van der Waals surface area contributed by atoms with Crippen molar-refractivity contribution in [1.82, 2.24) is 14.8 Å². The van der Waals surface area contributed by atoms with Gasteiger partial charge >= 0.3 is 5.97 Å². The van der Waals surface area contributed by atoms with E-state index in [9.17, 15) is 4.79 Å². The Bertz CT molecular complexity index is 333. The van der Waals surface area contributed by atoms with Gasteiger partial charge in [-0.2, -0.15) is 0 Å². The Labute approximate surface area is 84.4 Å². The summed E-state index contributed by atoms with van der Waals surface area (Å²) in [6, 6.07) is 0. The molecule has 1 aromatic heterocycles. The molecule has 0 aromatic carbocycles. The number of aromatic nitrogens is 3. The molecule has 0 spiro atoms. The molecule has 1 heterocycles. The van der Waals surface area contributed by atoms with Gasteiger partial charge in [0, 0.05) is 0 Å². The van der Waals surface area contributed by atoms with Gasteiger partial charge in [-0.3, -0.25) is 0 Å². The fourth-order valence-corrected chi connectivity index (χ4v) is 0.972. The second-order valence-corrected chi connectivity index (χ2v) is 3.34. The number of rotatable bonds is 2. The number of carboxylic acid groups (broad SMARTS) is 1. The van der Waals surface area contributed by atoms with Crippen molar-refractivity contribution in [2.75, 3.05) is 0 Å². The molecule has 0 atom stereocenters. The average molecular weight is 297 g/mol. The highest BCUT2D eigenvalue weighted by atomic mass is 79.9. The average Bonchev–Trinajstić information content (AvgIpc) is 2.35. The lowest BCUT2D eigenvalue weighted by Crippen LogP contribution is -1.96. The predicted octanol–water partition coefficient (Wildman–Crippen LogP) is 1.32. The quantitative estimate of drug-likeness (QED) is 0.836. The van der Waals surface area contributed by atoms with Gasteiger partial charge in [-0.15, -0.1) is 5.10 Å². The van der Waals surface area contributed by atoms with Gasteiger partial charge in [-0.25, -0.2) is 14.5 Å². The molecule has 1 aromatic rings. The Balaban J connectivity index is 2.87. The zero-order chi connectivity index (χ0) is 9.14. The monoisotopic (exact) mass is 295 g/mol. The van der Waals surface area contributed by atoms with E-state index >= 15 is 0 Å². The normalized spacial score (nSPS) is 11.7. The van der Waals surface area contributed by atoms with E-state index in [1.54, 1.807) is 0 Å². The largest absolute Gasteiger partial charge is 0.477 e. The first-order valence-corrected chi connectivity index (χ1v) is 4.35. The molecule has 0 saturated carbocycles. The summed E-state index contributed by atoms with van der Waals surface area (Å²) >= 11 is 5.87. The van der Waals surface area contributed by atoms with E-state index in [4.69, 9.17) is 5.11 Å². The van der Waals surface area contributed by atoms with E-state index < -0.39 is 5.97 Å². The van der Waals surface area contributed by atoms with Gasteiger partial charge in [0.15, 0.2) is 0 Å². The standard InChI is InChI=1S/C5H3Br2N3O2/c6-3(4(11)12)1-10-2-8-5(7)9-10/h1-2H,(H,11,12)/b3-1-. The zero-order valence-corrected chi connectivity index (χ0v) is 8.78. The molecule has 0 aliphatic rings. The van der Waals surface area contributed by atoms with Gasteiger partial charge in [0.2, 0.25) is 4.73 Å². The Hall–Kier alpha value is -0.690. The van der Waals surface area contributed by atoms with Crippen molar-refractivity contribution in [3.63, 3.8) is 0 Å². The Morgan fingerprint density at radius 3 is 2.83 bits per heavy atom. The summed E-state index contributed by atoms with van der Waals surface area (Å²) in [7, 11) is 0. The molecule has 0 aliphatic heterocycles. The summed E-state index contributed by atoms with van der Waals surface area (Å²) < 4.78 is 1.70.